The zero-order valence-electron chi connectivity index (χ0n) is 10.3. The molecule has 1 N–H and O–H groups in total. The van der Waals surface area contributed by atoms with Crippen LogP contribution in [0.4, 0.5) is 13.2 Å². The van der Waals surface area contributed by atoms with Crippen molar-refractivity contribution in [3.63, 3.8) is 0 Å². The number of carboxylic acid groups (broad SMARTS) is 1. The first-order chi connectivity index (χ1) is 9.38. The summed E-state index contributed by atoms with van der Waals surface area (Å²) >= 11 is 0. The van der Waals surface area contributed by atoms with Crippen molar-refractivity contribution in [3.8, 4) is 0 Å². The van der Waals surface area contributed by atoms with Gasteiger partial charge < -0.3 is 5.11 Å². The van der Waals surface area contributed by atoms with Gasteiger partial charge in [-0.05, 0) is 25.0 Å². The minimum atomic E-state index is -4.46. The molecular weight excluding hydrogens is 273 g/mol. The van der Waals surface area contributed by atoms with Crippen molar-refractivity contribution >= 4 is 11.6 Å². The van der Waals surface area contributed by atoms with Crippen LogP contribution in [0.1, 0.15) is 46.9 Å². The number of pyridine rings is 1. The Morgan fingerprint density at radius 3 is 2.60 bits per heavy atom. The van der Waals surface area contributed by atoms with Gasteiger partial charge in [-0.3, -0.25) is 4.40 Å². The molecular formula is C13H11F3N2O2. The molecule has 0 amide bonds. The van der Waals surface area contributed by atoms with E-state index < -0.39 is 17.7 Å². The van der Waals surface area contributed by atoms with Crippen molar-refractivity contribution in [1.82, 2.24) is 9.38 Å². The molecule has 0 unspecified atom stereocenters. The van der Waals surface area contributed by atoms with E-state index in [0.717, 1.165) is 37.6 Å². The molecule has 0 atom stereocenters. The monoisotopic (exact) mass is 284 g/mol. The highest BCUT2D eigenvalue weighted by Crippen LogP contribution is 2.38. The summed E-state index contributed by atoms with van der Waals surface area (Å²) in [6.07, 6.45) is -0.692. The lowest BCUT2D eigenvalue weighted by atomic mass is 9.82. The maximum atomic E-state index is 12.7. The van der Waals surface area contributed by atoms with Crippen molar-refractivity contribution in [2.75, 3.05) is 0 Å². The standard InChI is InChI=1S/C13H11F3N2O2/c14-13(15,16)8-4-5-18-9(6-8)17-10(7-2-1-3-7)11(18)12(19)20/h4-7H,1-3H2,(H,19,20). The molecule has 1 aliphatic carbocycles. The normalized spacial score (nSPS) is 16.4. The molecule has 0 saturated heterocycles. The highest BCUT2D eigenvalue weighted by Gasteiger charge is 2.33. The van der Waals surface area contributed by atoms with Crippen LogP contribution in [0.2, 0.25) is 0 Å². The summed E-state index contributed by atoms with van der Waals surface area (Å²) in [5.41, 5.74) is -0.437. The molecule has 1 aliphatic rings. The predicted octanol–water partition coefficient (Wildman–Crippen LogP) is 3.32. The van der Waals surface area contributed by atoms with E-state index in [1.165, 1.54) is 4.40 Å². The summed E-state index contributed by atoms with van der Waals surface area (Å²) in [6, 6.07) is 1.75. The highest BCUT2D eigenvalue weighted by molar-refractivity contribution is 5.88. The third-order valence-corrected chi connectivity index (χ3v) is 3.67. The number of carboxylic acids is 1. The van der Waals surface area contributed by atoms with E-state index in [1.807, 2.05) is 0 Å². The second-order valence-electron chi connectivity index (χ2n) is 4.92. The Hall–Kier alpha value is -2.05. The van der Waals surface area contributed by atoms with Gasteiger partial charge in [-0.15, -0.1) is 0 Å². The molecule has 4 nitrogen and oxygen atoms in total. The highest BCUT2D eigenvalue weighted by atomic mass is 19.4. The lowest BCUT2D eigenvalue weighted by molar-refractivity contribution is -0.137. The fourth-order valence-corrected chi connectivity index (χ4v) is 2.42. The first-order valence-corrected chi connectivity index (χ1v) is 6.20. The fourth-order valence-electron chi connectivity index (χ4n) is 2.42. The van der Waals surface area contributed by atoms with Crippen LogP contribution in [0.25, 0.3) is 5.65 Å². The topological polar surface area (TPSA) is 54.6 Å². The lowest BCUT2D eigenvalue weighted by Crippen LogP contribution is -2.14. The van der Waals surface area contributed by atoms with Crippen LogP contribution >= 0.6 is 0 Å². The van der Waals surface area contributed by atoms with Crippen LogP contribution in [-0.4, -0.2) is 20.5 Å². The van der Waals surface area contributed by atoms with Gasteiger partial charge in [0.15, 0.2) is 5.69 Å². The van der Waals surface area contributed by atoms with Gasteiger partial charge in [0.25, 0.3) is 0 Å². The SMILES string of the molecule is O=C(O)c1c(C2CCC2)nc2cc(C(F)(F)F)ccn12. The number of halogens is 3. The number of hydrogen-bond acceptors (Lipinski definition) is 2. The van der Waals surface area contributed by atoms with Crippen molar-refractivity contribution < 1.29 is 23.1 Å². The van der Waals surface area contributed by atoms with E-state index >= 15 is 0 Å². The van der Waals surface area contributed by atoms with E-state index in [-0.39, 0.29) is 17.3 Å². The Balaban J connectivity index is 2.19. The minimum Gasteiger partial charge on any atom is -0.477 e. The van der Waals surface area contributed by atoms with Crippen molar-refractivity contribution in [2.24, 2.45) is 0 Å². The summed E-state index contributed by atoms with van der Waals surface area (Å²) in [4.78, 5) is 15.5. The number of hydrogen-bond donors (Lipinski definition) is 1. The Kier molecular flexibility index (Phi) is 2.74. The third kappa shape index (κ3) is 1.93. The van der Waals surface area contributed by atoms with Gasteiger partial charge >= 0.3 is 12.1 Å². The number of aromatic carboxylic acids is 1. The lowest BCUT2D eigenvalue weighted by Gasteiger charge is -2.23. The molecule has 2 aromatic heterocycles. The molecule has 1 saturated carbocycles. The largest absolute Gasteiger partial charge is 0.477 e. The van der Waals surface area contributed by atoms with Crippen LogP contribution in [-0.2, 0) is 6.18 Å². The number of aromatic nitrogens is 2. The summed E-state index contributed by atoms with van der Waals surface area (Å²) in [6.45, 7) is 0. The van der Waals surface area contributed by atoms with Crippen molar-refractivity contribution in [2.45, 2.75) is 31.4 Å². The summed E-state index contributed by atoms with van der Waals surface area (Å²) in [5.74, 6) is -1.13. The van der Waals surface area contributed by atoms with Gasteiger partial charge in [-0.1, -0.05) is 6.42 Å². The van der Waals surface area contributed by atoms with Crippen LogP contribution < -0.4 is 0 Å². The number of imidazole rings is 1. The summed E-state index contributed by atoms with van der Waals surface area (Å²) in [7, 11) is 0. The zero-order chi connectivity index (χ0) is 14.5. The van der Waals surface area contributed by atoms with E-state index in [2.05, 4.69) is 4.98 Å². The average Bonchev–Trinajstić information content (AvgIpc) is 2.62. The van der Waals surface area contributed by atoms with Gasteiger partial charge in [-0.25, -0.2) is 9.78 Å². The number of carbonyl (C=O) groups is 1. The molecule has 0 radical (unpaired) electrons. The van der Waals surface area contributed by atoms with Crippen LogP contribution in [0.3, 0.4) is 0 Å². The minimum absolute atomic E-state index is 0.0270. The fraction of sp³-hybridized carbons (Fsp3) is 0.385. The molecule has 106 valence electrons. The van der Waals surface area contributed by atoms with Gasteiger partial charge in [0.1, 0.15) is 5.65 Å². The summed E-state index contributed by atoms with van der Waals surface area (Å²) in [5, 5.41) is 9.27. The Bertz CT molecular complexity index is 687. The third-order valence-electron chi connectivity index (χ3n) is 3.67. The molecule has 20 heavy (non-hydrogen) atoms. The Morgan fingerprint density at radius 2 is 2.10 bits per heavy atom. The second kappa shape index (κ2) is 4.22. The van der Waals surface area contributed by atoms with Crippen LogP contribution in [0.5, 0.6) is 0 Å². The van der Waals surface area contributed by atoms with E-state index in [4.69, 9.17) is 0 Å². The Labute approximate surface area is 111 Å². The predicted molar refractivity (Wildman–Crippen MR) is 63.7 cm³/mol. The van der Waals surface area contributed by atoms with Gasteiger partial charge in [-0.2, -0.15) is 13.2 Å². The molecule has 2 aromatic rings. The Morgan fingerprint density at radius 1 is 1.40 bits per heavy atom. The number of rotatable bonds is 2. The molecule has 0 aliphatic heterocycles. The van der Waals surface area contributed by atoms with E-state index in [0.29, 0.717) is 5.69 Å². The zero-order valence-corrected chi connectivity index (χ0v) is 10.3. The van der Waals surface area contributed by atoms with Gasteiger partial charge in [0.05, 0.1) is 11.3 Å². The maximum Gasteiger partial charge on any atom is 0.416 e. The van der Waals surface area contributed by atoms with Gasteiger partial charge in [0.2, 0.25) is 0 Å². The van der Waals surface area contributed by atoms with E-state index in [9.17, 15) is 23.1 Å². The number of nitrogens with zero attached hydrogens (tertiary/aromatic N) is 2. The quantitative estimate of drug-likeness (QED) is 0.920. The first-order valence-electron chi connectivity index (χ1n) is 6.20. The molecule has 0 aromatic carbocycles. The van der Waals surface area contributed by atoms with Crippen LogP contribution in [0.15, 0.2) is 18.3 Å². The van der Waals surface area contributed by atoms with Crippen molar-refractivity contribution in [1.29, 1.82) is 0 Å². The van der Waals surface area contributed by atoms with E-state index in [1.54, 1.807) is 0 Å². The van der Waals surface area contributed by atoms with Crippen molar-refractivity contribution in [3.05, 3.63) is 35.3 Å². The smallest absolute Gasteiger partial charge is 0.416 e. The average molecular weight is 284 g/mol. The second-order valence-corrected chi connectivity index (χ2v) is 4.92. The molecule has 3 rings (SSSR count). The molecule has 0 bridgehead atoms. The van der Waals surface area contributed by atoms with Gasteiger partial charge in [0, 0.05) is 12.1 Å². The first kappa shape index (κ1) is 13.0. The molecule has 7 heteroatoms. The van der Waals surface area contributed by atoms with Crippen LogP contribution in [0, 0.1) is 0 Å². The number of fused-ring (bicyclic) bond motifs is 1. The molecule has 1 fully saturated rings. The summed E-state index contributed by atoms with van der Waals surface area (Å²) < 4.78 is 39.2. The number of alkyl halides is 3. The molecule has 0 spiro atoms. The molecule has 2 heterocycles. The maximum absolute atomic E-state index is 12.7.